The summed E-state index contributed by atoms with van der Waals surface area (Å²) in [5, 5.41) is 0. The van der Waals surface area contributed by atoms with Crippen molar-refractivity contribution in [3.05, 3.63) is 24.0 Å². The van der Waals surface area contributed by atoms with E-state index in [-0.39, 0.29) is 12.2 Å². The van der Waals surface area contributed by atoms with Crippen LogP contribution in [0.25, 0.3) is 0 Å². The highest BCUT2D eigenvalue weighted by atomic mass is 32.2. The minimum atomic E-state index is -5.43. The normalized spacial score (nSPS) is 13.0. The molecular weight excluding hydrogens is 261 g/mol. The summed E-state index contributed by atoms with van der Waals surface area (Å²) >= 11 is 1.33. The number of alkyl halides is 5. The molecule has 0 saturated carbocycles. The van der Waals surface area contributed by atoms with E-state index in [1.165, 1.54) is 11.8 Å². The van der Waals surface area contributed by atoms with Crippen molar-refractivity contribution in [2.75, 3.05) is 5.75 Å². The van der Waals surface area contributed by atoms with Gasteiger partial charge in [0.2, 0.25) is 0 Å². The molecule has 1 N–H and O–H groups in total. The SMILES string of the molecule is FC(F)(F)C(F)(F)CCCSCc1ccc[nH]1. The van der Waals surface area contributed by atoms with Crippen molar-refractivity contribution in [2.24, 2.45) is 0 Å². The largest absolute Gasteiger partial charge is 0.453 e. The zero-order valence-electron chi connectivity index (χ0n) is 8.86. The van der Waals surface area contributed by atoms with Gasteiger partial charge >= 0.3 is 12.1 Å². The van der Waals surface area contributed by atoms with E-state index in [4.69, 9.17) is 0 Å². The zero-order chi connectivity index (χ0) is 12.9. The fourth-order valence-electron chi connectivity index (χ4n) is 1.18. The highest BCUT2D eigenvalue weighted by Crippen LogP contribution is 2.39. The van der Waals surface area contributed by atoms with Gasteiger partial charge in [-0.25, -0.2) is 0 Å². The highest BCUT2D eigenvalue weighted by Gasteiger charge is 2.56. The van der Waals surface area contributed by atoms with Crippen molar-refractivity contribution in [3.8, 4) is 0 Å². The molecule has 1 heterocycles. The molecule has 0 unspecified atom stereocenters. The third-order valence-corrected chi connectivity index (χ3v) is 3.21. The summed E-state index contributed by atoms with van der Waals surface area (Å²) in [6.45, 7) is 0. The van der Waals surface area contributed by atoms with Crippen molar-refractivity contribution in [1.29, 1.82) is 0 Å². The Morgan fingerprint density at radius 2 is 1.88 bits per heavy atom. The molecule has 1 aromatic rings. The van der Waals surface area contributed by atoms with Crippen LogP contribution in [0.1, 0.15) is 18.5 Å². The molecule has 0 aliphatic carbocycles. The van der Waals surface area contributed by atoms with E-state index in [1.807, 2.05) is 6.07 Å². The highest BCUT2D eigenvalue weighted by molar-refractivity contribution is 7.98. The van der Waals surface area contributed by atoms with Crippen LogP contribution in [0.3, 0.4) is 0 Å². The smallest absolute Gasteiger partial charge is 0.364 e. The van der Waals surface area contributed by atoms with E-state index >= 15 is 0 Å². The molecule has 1 aromatic heterocycles. The van der Waals surface area contributed by atoms with Crippen molar-refractivity contribution in [1.82, 2.24) is 4.98 Å². The van der Waals surface area contributed by atoms with Crippen LogP contribution in [-0.2, 0) is 5.75 Å². The Hall–Kier alpha value is -0.720. The Morgan fingerprint density at radius 3 is 2.41 bits per heavy atom. The second kappa shape index (κ2) is 5.75. The van der Waals surface area contributed by atoms with Gasteiger partial charge in [0.15, 0.2) is 0 Å². The van der Waals surface area contributed by atoms with Gasteiger partial charge in [0.1, 0.15) is 0 Å². The van der Waals surface area contributed by atoms with Crippen LogP contribution in [0, 0.1) is 0 Å². The predicted octanol–water partition coefficient (Wildman–Crippen LogP) is 4.23. The molecule has 0 aliphatic heterocycles. The Balaban J connectivity index is 2.16. The maximum absolute atomic E-state index is 12.5. The first kappa shape index (κ1) is 14.3. The Kier molecular flexibility index (Phi) is 4.85. The van der Waals surface area contributed by atoms with Crippen molar-refractivity contribution in [3.63, 3.8) is 0 Å². The molecule has 1 rings (SSSR count). The molecule has 0 bridgehead atoms. The predicted molar refractivity (Wildman–Crippen MR) is 57.2 cm³/mol. The Morgan fingerprint density at radius 1 is 1.18 bits per heavy atom. The lowest BCUT2D eigenvalue weighted by molar-refractivity contribution is -0.284. The number of hydrogen-bond acceptors (Lipinski definition) is 1. The van der Waals surface area contributed by atoms with Gasteiger partial charge in [0.25, 0.3) is 0 Å². The summed E-state index contributed by atoms with van der Waals surface area (Å²) in [7, 11) is 0. The summed E-state index contributed by atoms with van der Waals surface area (Å²) in [4.78, 5) is 2.92. The van der Waals surface area contributed by atoms with Crippen LogP contribution in [0.15, 0.2) is 18.3 Å². The molecule has 17 heavy (non-hydrogen) atoms. The van der Waals surface area contributed by atoms with Crippen LogP contribution in [-0.4, -0.2) is 22.8 Å². The van der Waals surface area contributed by atoms with Gasteiger partial charge in [-0.15, -0.1) is 0 Å². The summed E-state index contributed by atoms with van der Waals surface area (Å²) in [5.41, 5.74) is 0.928. The monoisotopic (exact) mass is 273 g/mol. The molecule has 0 radical (unpaired) electrons. The zero-order valence-corrected chi connectivity index (χ0v) is 9.68. The molecule has 0 aromatic carbocycles. The first-order valence-corrected chi connectivity index (χ1v) is 6.13. The maximum Gasteiger partial charge on any atom is 0.453 e. The first-order chi connectivity index (χ1) is 7.83. The minimum absolute atomic E-state index is 0.155. The number of aromatic amines is 1. The number of aromatic nitrogens is 1. The van der Waals surface area contributed by atoms with Gasteiger partial charge in [-0.3, -0.25) is 0 Å². The number of rotatable bonds is 6. The van der Waals surface area contributed by atoms with Gasteiger partial charge in [0, 0.05) is 24.1 Å². The number of thioether (sulfide) groups is 1. The quantitative estimate of drug-likeness (QED) is 0.606. The van der Waals surface area contributed by atoms with Crippen LogP contribution >= 0.6 is 11.8 Å². The number of nitrogens with one attached hydrogen (secondary N) is 1. The van der Waals surface area contributed by atoms with Gasteiger partial charge < -0.3 is 4.98 Å². The van der Waals surface area contributed by atoms with E-state index in [0.29, 0.717) is 5.75 Å². The van der Waals surface area contributed by atoms with Crippen LogP contribution in [0.5, 0.6) is 0 Å². The first-order valence-electron chi connectivity index (χ1n) is 4.97. The second-order valence-corrected chi connectivity index (χ2v) is 4.66. The van der Waals surface area contributed by atoms with Crippen molar-refractivity contribution >= 4 is 11.8 Å². The number of H-pyrrole nitrogens is 1. The van der Waals surface area contributed by atoms with Gasteiger partial charge in [0.05, 0.1) is 0 Å². The lowest BCUT2D eigenvalue weighted by Crippen LogP contribution is -2.36. The molecule has 7 heteroatoms. The third kappa shape index (κ3) is 4.57. The van der Waals surface area contributed by atoms with Crippen LogP contribution in [0.2, 0.25) is 0 Å². The molecule has 98 valence electrons. The fourth-order valence-corrected chi connectivity index (χ4v) is 2.07. The molecule has 0 aliphatic rings. The molecule has 0 amide bonds. The minimum Gasteiger partial charge on any atom is -0.364 e. The Labute approximate surface area is 99.8 Å². The number of halogens is 5. The molecule has 1 nitrogen and oxygen atoms in total. The van der Waals surface area contributed by atoms with Gasteiger partial charge in [-0.05, 0) is 24.3 Å². The molecular formula is C10H12F5NS. The van der Waals surface area contributed by atoms with Crippen molar-refractivity contribution < 1.29 is 22.0 Å². The fraction of sp³-hybridized carbons (Fsp3) is 0.600. The standard InChI is InChI=1S/C10H12F5NS/c11-9(12,10(13,14)15)4-2-6-17-7-8-3-1-5-16-8/h1,3,5,16H,2,4,6-7H2. The summed E-state index contributed by atoms with van der Waals surface area (Å²) in [6, 6.07) is 3.63. The summed E-state index contributed by atoms with van der Waals surface area (Å²) in [5.74, 6) is -3.70. The summed E-state index contributed by atoms with van der Waals surface area (Å²) < 4.78 is 60.4. The second-order valence-electron chi connectivity index (χ2n) is 3.55. The number of hydrogen-bond donors (Lipinski definition) is 1. The average molecular weight is 273 g/mol. The maximum atomic E-state index is 12.5. The van der Waals surface area contributed by atoms with Gasteiger partial charge in [-0.2, -0.15) is 33.7 Å². The summed E-state index contributed by atoms with van der Waals surface area (Å²) in [6.07, 6.45) is -5.00. The molecule has 0 fully saturated rings. The lowest BCUT2D eigenvalue weighted by Gasteiger charge is -2.19. The third-order valence-electron chi connectivity index (χ3n) is 2.11. The lowest BCUT2D eigenvalue weighted by atomic mass is 10.2. The topological polar surface area (TPSA) is 15.8 Å². The Bertz CT molecular complexity index is 320. The van der Waals surface area contributed by atoms with E-state index in [1.54, 1.807) is 12.3 Å². The molecule has 0 saturated heterocycles. The van der Waals surface area contributed by atoms with Crippen LogP contribution < -0.4 is 0 Å². The van der Waals surface area contributed by atoms with Crippen molar-refractivity contribution in [2.45, 2.75) is 30.7 Å². The van der Waals surface area contributed by atoms with Crippen LogP contribution in [0.4, 0.5) is 22.0 Å². The van der Waals surface area contributed by atoms with E-state index < -0.39 is 18.5 Å². The average Bonchev–Trinajstić information content (AvgIpc) is 2.68. The van der Waals surface area contributed by atoms with Gasteiger partial charge in [-0.1, -0.05) is 0 Å². The van der Waals surface area contributed by atoms with E-state index in [9.17, 15) is 22.0 Å². The molecule has 0 atom stereocenters. The molecule has 0 spiro atoms. The van der Waals surface area contributed by atoms with E-state index in [2.05, 4.69) is 4.98 Å². The van der Waals surface area contributed by atoms with E-state index in [0.717, 1.165) is 5.69 Å².